The predicted molar refractivity (Wildman–Crippen MR) is 162 cm³/mol. The number of sulfonamides is 1. The van der Waals surface area contributed by atoms with E-state index < -0.39 is 10.0 Å². The first-order valence-electron chi connectivity index (χ1n) is 12.6. The lowest BCUT2D eigenvalue weighted by molar-refractivity contribution is 0.103. The molecule has 9 heteroatoms. The minimum Gasteiger partial charge on any atom is -0.294 e. The molecule has 0 unspecified atom stereocenters. The van der Waals surface area contributed by atoms with Crippen molar-refractivity contribution < 1.29 is 13.2 Å². The highest BCUT2D eigenvalue weighted by Gasteiger charge is 2.19. The van der Waals surface area contributed by atoms with Crippen molar-refractivity contribution in [1.29, 1.82) is 0 Å². The van der Waals surface area contributed by atoms with Crippen LogP contribution in [0.1, 0.15) is 47.8 Å². The van der Waals surface area contributed by atoms with Gasteiger partial charge in [-0.2, -0.15) is 0 Å². The van der Waals surface area contributed by atoms with E-state index in [-0.39, 0.29) is 33.2 Å². The maximum absolute atomic E-state index is 13.3. The average molecular weight is 591 g/mol. The van der Waals surface area contributed by atoms with Crippen LogP contribution >= 0.6 is 22.9 Å². The number of nitrogens with zero attached hydrogens (tertiary/aromatic N) is 1. The number of nitrogens with one attached hydrogen (secondary N) is 1. The van der Waals surface area contributed by atoms with Gasteiger partial charge in [0.05, 0.1) is 21.7 Å². The van der Waals surface area contributed by atoms with Gasteiger partial charge in [0.2, 0.25) is 0 Å². The van der Waals surface area contributed by atoms with Gasteiger partial charge in [0.15, 0.2) is 5.78 Å². The SMILES string of the molecule is CC(C)(C)c1ccc(C(=O)c2cccc(NS(=O)(=O)c3ccc4c(c3)sc(=O)n4Cc3ccccc3Cl)c2)cc1. The number of hydrogen-bond donors (Lipinski definition) is 1. The van der Waals surface area contributed by atoms with Crippen LogP contribution in [0.25, 0.3) is 10.2 Å². The second kappa shape index (κ2) is 10.7. The van der Waals surface area contributed by atoms with Gasteiger partial charge in [-0.05, 0) is 52.9 Å². The van der Waals surface area contributed by atoms with Crippen LogP contribution in [0.5, 0.6) is 0 Å². The number of fused-ring (bicyclic) bond motifs is 1. The Morgan fingerprint density at radius 2 is 1.62 bits per heavy atom. The summed E-state index contributed by atoms with van der Waals surface area (Å²) >= 11 is 7.25. The number of hydrogen-bond acceptors (Lipinski definition) is 5. The summed E-state index contributed by atoms with van der Waals surface area (Å²) in [7, 11) is -3.99. The van der Waals surface area contributed by atoms with Crippen LogP contribution in [0.15, 0.2) is 101 Å². The lowest BCUT2D eigenvalue weighted by Gasteiger charge is -2.19. The summed E-state index contributed by atoms with van der Waals surface area (Å²) in [5.74, 6) is -0.201. The Balaban J connectivity index is 1.39. The Morgan fingerprint density at radius 3 is 2.33 bits per heavy atom. The molecule has 0 bridgehead atoms. The zero-order chi connectivity index (χ0) is 28.7. The van der Waals surface area contributed by atoms with E-state index in [4.69, 9.17) is 11.6 Å². The van der Waals surface area contributed by atoms with Crippen LogP contribution in [-0.2, 0) is 22.0 Å². The molecule has 40 heavy (non-hydrogen) atoms. The van der Waals surface area contributed by atoms with E-state index in [2.05, 4.69) is 25.5 Å². The van der Waals surface area contributed by atoms with Crippen LogP contribution in [0.3, 0.4) is 0 Å². The summed E-state index contributed by atoms with van der Waals surface area (Å²) in [6, 6.07) is 25.7. The molecule has 0 atom stereocenters. The Kier molecular flexibility index (Phi) is 7.44. The molecule has 0 saturated carbocycles. The third kappa shape index (κ3) is 5.75. The number of carbonyl (C=O) groups excluding carboxylic acids is 1. The highest BCUT2D eigenvalue weighted by Crippen LogP contribution is 2.27. The van der Waals surface area contributed by atoms with Crippen molar-refractivity contribution in [3.8, 4) is 0 Å². The van der Waals surface area contributed by atoms with Crippen molar-refractivity contribution in [2.24, 2.45) is 0 Å². The van der Waals surface area contributed by atoms with Crippen molar-refractivity contribution >= 4 is 54.6 Å². The van der Waals surface area contributed by atoms with Gasteiger partial charge in [0, 0.05) is 21.8 Å². The van der Waals surface area contributed by atoms with Crippen molar-refractivity contribution in [2.45, 2.75) is 37.6 Å². The summed E-state index contributed by atoms with van der Waals surface area (Å²) in [4.78, 5) is 25.7. The summed E-state index contributed by atoms with van der Waals surface area (Å²) in [5.41, 5.74) is 3.66. The Labute approximate surface area is 241 Å². The quantitative estimate of drug-likeness (QED) is 0.205. The molecule has 0 aliphatic heterocycles. The number of rotatable bonds is 7. The van der Waals surface area contributed by atoms with Crippen molar-refractivity contribution in [1.82, 2.24) is 4.57 Å². The predicted octanol–water partition coefficient (Wildman–Crippen LogP) is 7.09. The maximum Gasteiger partial charge on any atom is 0.308 e. The van der Waals surface area contributed by atoms with Crippen LogP contribution in [0.4, 0.5) is 5.69 Å². The third-order valence-corrected chi connectivity index (χ3v) is 9.32. The number of carbonyl (C=O) groups is 1. The van der Waals surface area contributed by atoms with Gasteiger partial charge in [0.1, 0.15) is 0 Å². The van der Waals surface area contributed by atoms with E-state index in [1.807, 2.05) is 30.3 Å². The monoisotopic (exact) mass is 590 g/mol. The van der Waals surface area contributed by atoms with Crippen LogP contribution in [-0.4, -0.2) is 18.8 Å². The molecule has 6 nitrogen and oxygen atoms in total. The molecule has 0 fully saturated rings. The highest BCUT2D eigenvalue weighted by atomic mass is 35.5. The van der Waals surface area contributed by atoms with Gasteiger partial charge < -0.3 is 0 Å². The van der Waals surface area contributed by atoms with E-state index >= 15 is 0 Å². The standard InChI is InChI=1S/C31H27ClN2O4S2/c1-31(2,3)23-13-11-20(12-14-23)29(35)21-8-6-9-24(17-21)33-40(37,38)25-15-16-27-28(18-25)39-30(36)34(27)19-22-7-4-5-10-26(22)32/h4-18,33H,19H2,1-3H3. The van der Waals surface area contributed by atoms with E-state index in [1.165, 1.54) is 18.2 Å². The number of thiazole rings is 1. The molecular formula is C31H27ClN2O4S2. The topological polar surface area (TPSA) is 85.2 Å². The molecule has 0 saturated heterocycles. The van der Waals surface area contributed by atoms with Crippen LogP contribution in [0, 0.1) is 0 Å². The normalized spacial score (nSPS) is 12.0. The molecule has 0 aliphatic rings. The summed E-state index contributed by atoms with van der Waals surface area (Å²) < 4.78 is 31.2. The second-order valence-electron chi connectivity index (χ2n) is 10.5. The lowest BCUT2D eigenvalue weighted by Crippen LogP contribution is -2.14. The Hall–Kier alpha value is -3.72. The number of benzene rings is 4. The van der Waals surface area contributed by atoms with E-state index in [9.17, 15) is 18.0 Å². The zero-order valence-corrected chi connectivity index (χ0v) is 24.5. The molecule has 0 radical (unpaired) electrons. The molecule has 0 aliphatic carbocycles. The largest absolute Gasteiger partial charge is 0.308 e. The molecule has 0 spiro atoms. The number of anilines is 1. The molecule has 5 aromatic rings. The highest BCUT2D eigenvalue weighted by molar-refractivity contribution is 7.92. The minimum atomic E-state index is -3.99. The van der Waals surface area contributed by atoms with Crippen molar-refractivity contribution in [3.05, 3.63) is 128 Å². The van der Waals surface area contributed by atoms with Gasteiger partial charge in [-0.15, -0.1) is 0 Å². The van der Waals surface area contributed by atoms with E-state index in [0.717, 1.165) is 22.5 Å². The van der Waals surface area contributed by atoms with Crippen LogP contribution in [0.2, 0.25) is 5.02 Å². The molecule has 0 amide bonds. The molecule has 1 heterocycles. The van der Waals surface area contributed by atoms with Crippen LogP contribution < -0.4 is 9.60 Å². The summed E-state index contributed by atoms with van der Waals surface area (Å²) in [5, 5.41) is 0.555. The van der Waals surface area contributed by atoms with Crippen molar-refractivity contribution in [2.75, 3.05) is 4.72 Å². The Bertz CT molecular complexity index is 1900. The second-order valence-corrected chi connectivity index (χ2v) is 13.6. The third-order valence-electron chi connectivity index (χ3n) is 6.63. The lowest BCUT2D eigenvalue weighted by atomic mass is 9.86. The van der Waals surface area contributed by atoms with Gasteiger partial charge in [-0.3, -0.25) is 18.9 Å². The molecule has 5 rings (SSSR count). The molecular weight excluding hydrogens is 564 g/mol. The molecule has 1 aromatic heterocycles. The smallest absolute Gasteiger partial charge is 0.294 e. The summed E-state index contributed by atoms with van der Waals surface area (Å²) in [6.45, 7) is 6.59. The zero-order valence-electron chi connectivity index (χ0n) is 22.1. The van der Waals surface area contributed by atoms with E-state index in [1.54, 1.807) is 47.0 Å². The first kappa shape index (κ1) is 27.8. The van der Waals surface area contributed by atoms with Gasteiger partial charge in [0.25, 0.3) is 10.0 Å². The molecule has 1 N–H and O–H groups in total. The number of halogens is 1. The Morgan fingerprint density at radius 1 is 0.900 bits per heavy atom. The number of aromatic nitrogens is 1. The average Bonchev–Trinajstić information content (AvgIpc) is 3.23. The van der Waals surface area contributed by atoms with Gasteiger partial charge in [-0.1, -0.05) is 98.3 Å². The molecule has 204 valence electrons. The van der Waals surface area contributed by atoms with E-state index in [0.29, 0.717) is 26.4 Å². The fourth-order valence-electron chi connectivity index (χ4n) is 4.39. The first-order valence-corrected chi connectivity index (χ1v) is 15.2. The van der Waals surface area contributed by atoms with Gasteiger partial charge >= 0.3 is 4.87 Å². The summed E-state index contributed by atoms with van der Waals surface area (Å²) in [6.07, 6.45) is 0. The molecule has 4 aromatic carbocycles. The maximum atomic E-state index is 13.3. The fraction of sp³-hybridized carbons (Fsp3) is 0.161. The van der Waals surface area contributed by atoms with Crippen molar-refractivity contribution in [3.63, 3.8) is 0 Å². The number of ketones is 1. The minimum absolute atomic E-state index is 0.0145. The fourth-order valence-corrected chi connectivity index (χ4v) is 6.66. The first-order chi connectivity index (χ1) is 18.9. The van der Waals surface area contributed by atoms with Gasteiger partial charge in [-0.25, -0.2) is 8.42 Å².